The van der Waals surface area contributed by atoms with Crippen LogP contribution in [0.2, 0.25) is 0 Å². The first-order chi connectivity index (χ1) is 8.93. The van der Waals surface area contributed by atoms with Crippen molar-refractivity contribution >= 4 is 11.7 Å². The Bertz CT molecular complexity index is 404. The highest BCUT2D eigenvalue weighted by Crippen LogP contribution is 2.10. The molecule has 0 saturated carbocycles. The molecular weight excluding hydrogens is 244 g/mol. The molecule has 1 amide bonds. The highest BCUT2D eigenvalue weighted by molar-refractivity contribution is 5.91. The van der Waals surface area contributed by atoms with Crippen molar-refractivity contribution in [1.29, 1.82) is 0 Å². The Labute approximate surface area is 113 Å². The first-order valence-corrected chi connectivity index (χ1v) is 6.36. The first kappa shape index (κ1) is 15.4. The van der Waals surface area contributed by atoms with Gasteiger partial charge in [0.2, 0.25) is 0 Å². The van der Waals surface area contributed by atoms with E-state index in [1.54, 1.807) is 26.2 Å². The van der Waals surface area contributed by atoms with Gasteiger partial charge in [0, 0.05) is 14.1 Å². The van der Waals surface area contributed by atoms with Gasteiger partial charge in [0.15, 0.2) is 5.69 Å². The number of anilines is 1. The summed E-state index contributed by atoms with van der Waals surface area (Å²) in [5, 5.41) is 20.2. The van der Waals surface area contributed by atoms with Gasteiger partial charge in [-0.1, -0.05) is 13.8 Å². The number of nitrogens with zero attached hydrogens (tertiary/aromatic N) is 3. The van der Waals surface area contributed by atoms with E-state index in [0.29, 0.717) is 17.4 Å². The quantitative estimate of drug-likeness (QED) is 0.803. The molecule has 1 aromatic rings. The third kappa shape index (κ3) is 4.82. The smallest absolute Gasteiger partial charge is 0.273 e. The topological polar surface area (TPSA) is 78.4 Å². The minimum Gasteiger partial charge on any atom is -0.394 e. The molecule has 6 heteroatoms. The summed E-state index contributed by atoms with van der Waals surface area (Å²) < 4.78 is 0. The fourth-order valence-electron chi connectivity index (χ4n) is 1.71. The van der Waals surface area contributed by atoms with Crippen molar-refractivity contribution in [1.82, 2.24) is 15.1 Å². The number of aromatic nitrogens is 2. The summed E-state index contributed by atoms with van der Waals surface area (Å²) in [5.41, 5.74) is 0.306. The second kappa shape index (κ2) is 7.04. The van der Waals surface area contributed by atoms with Gasteiger partial charge in [-0.3, -0.25) is 4.79 Å². The Morgan fingerprint density at radius 2 is 2.05 bits per heavy atom. The SMILES string of the molecule is CC(C)CC(CO)Nc1ccc(C(=O)N(C)C)nn1. The zero-order valence-electron chi connectivity index (χ0n) is 11.9. The molecular formula is C13H22N4O2. The summed E-state index contributed by atoms with van der Waals surface area (Å²) in [4.78, 5) is 13.1. The molecule has 0 fully saturated rings. The Kier molecular flexibility index (Phi) is 5.69. The fraction of sp³-hybridized carbons (Fsp3) is 0.615. The largest absolute Gasteiger partial charge is 0.394 e. The predicted octanol–water partition coefficient (Wildman–Crippen LogP) is 0.997. The van der Waals surface area contributed by atoms with Crippen LogP contribution in [0.4, 0.5) is 5.82 Å². The summed E-state index contributed by atoms with van der Waals surface area (Å²) in [6.45, 7) is 4.22. The lowest BCUT2D eigenvalue weighted by Gasteiger charge is -2.18. The molecule has 1 aromatic heterocycles. The Hall–Kier alpha value is -1.69. The van der Waals surface area contributed by atoms with Crippen LogP contribution in [0.5, 0.6) is 0 Å². The average molecular weight is 266 g/mol. The molecule has 106 valence electrons. The molecule has 19 heavy (non-hydrogen) atoms. The van der Waals surface area contributed by atoms with E-state index in [1.807, 2.05) is 0 Å². The molecule has 0 aliphatic heterocycles. The van der Waals surface area contributed by atoms with Gasteiger partial charge in [0.1, 0.15) is 5.82 Å². The van der Waals surface area contributed by atoms with E-state index in [0.717, 1.165) is 6.42 Å². The Balaban J connectivity index is 2.68. The van der Waals surface area contributed by atoms with Crippen LogP contribution in [0.15, 0.2) is 12.1 Å². The van der Waals surface area contributed by atoms with E-state index >= 15 is 0 Å². The van der Waals surface area contributed by atoms with Crippen LogP contribution in [0, 0.1) is 5.92 Å². The van der Waals surface area contributed by atoms with Crippen molar-refractivity contribution in [2.45, 2.75) is 26.3 Å². The maximum atomic E-state index is 11.6. The number of amides is 1. The monoisotopic (exact) mass is 266 g/mol. The van der Waals surface area contributed by atoms with Crippen LogP contribution in [-0.2, 0) is 0 Å². The van der Waals surface area contributed by atoms with Crippen molar-refractivity contribution in [3.8, 4) is 0 Å². The average Bonchev–Trinajstić information content (AvgIpc) is 2.37. The maximum Gasteiger partial charge on any atom is 0.273 e. The molecule has 1 unspecified atom stereocenters. The zero-order valence-corrected chi connectivity index (χ0v) is 11.9. The number of carbonyl (C=O) groups excluding carboxylic acids is 1. The van der Waals surface area contributed by atoms with E-state index < -0.39 is 0 Å². The van der Waals surface area contributed by atoms with Crippen LogP contribution in [0.25, 0.3) is 0 Å². The second-order valence-corrected chi connectivity index (χ2v) is 5.16. The van der Waals surface area contributed by atoms with E-state index in [1.165, 1.54) is 4.90 Å². The standard InChI is InChI=1S/C13H22N4O2/c1-9(2)7-10(8-18)14-12-6-5-11(15-16-12)13(19)17(3)4/h5-6,9-10,18H,7-8H2,1-4H3,(H,14,16). The van der Waals surface area contributed by atoms with Crippen molar-refractivity contribution < 1.29 is 9.90 Å². The summed E-state index contributed by atoms with van der Waals surface area (Å²) in [6, 6.07) is 3.28. The third-order valence-electron chi connectivity index (χ3n) is 2.62. The predicted molar refractivity (Wildman–Crippen MR) is 74.0 cm³/mol. The lowest BCUT2D eigenvalue weighted by atomic mass is 10.0. The van der Waals surface area contributed by atoms with E-state index in [2.05, 4.69) is 29.4 Å². The lowest BCUT2D eigenvalue weighted by Crippen LogP contribution is -2.27. The van der Waals surface area contributed by atoms with Gasteiger partial charge in [-0.15, -0.1) is 10.2 Å². The highest BCUT2D eigenvalue weighted by Gasteiger charge is 2.13. The number of hydrogen-bond acceptors (Lipinski definition) is 5. The number of rotatable bonds is 6. The fourth-order valence-corrected chi connectivity index (χ4v) is 1.71. The Morgan fingerprint density at radius 3 is 2.47 bits per heavy atom. The van der Waals surface area contributed by atoms with Crippen molar-refractivity contribution in [2.24, 2.45) is 5.92 Å². The normalized spacial score (nSPS) is 12.3. The van der Waals surface area contributed by atoms with Crippen LogP contribution >= 0.6 is 0 Å². The molecule has 1 rings (SSSR count). The molecule has 0 aliphatic carbocycles. The molecule has 1 atom stereocenters. The molecule has 0 saturated heterocycles. The van der Waals surface area contributed by atoms with Crippen LogP contribution in [0.3, 0.4) is 0 Å². The van der Waals surface area contributed by atoms with E-state index in [-0.39, 0.29) is 18.6 Å². The zero-order chi connectivity index (χ0) is 14.4. The molecule has 0 aliphatic rings. The summed E-state index contributed by atoms with van der Waals surface area (Å²) >= 11 is 0. The van der Waals surface area contributed by atoms with Crippen molar-refractivity contribution in [3.05, 3.63) is 17.8 Å². The number of aliphatic hydroxyl groups excluding tert-OH is 1. The van der Waals surface area contributed by atoms with Gasteiger partial charge in [0.05, 0.1) is 12.6 Å². The van der Waals surface area contributed by atoms with Gasteiger partial charge >= 0.3 is 0 Å². The number of carbonyl (C=O) groups is 1. The van der Waals surface area contributed by atoms with Gasteiger partial charge in [-0.25, -0.2) is 0 Å². The molecule has 0 radical (unpaired) electrons. The second-order valence-electron chi connectivity index (χ2n) is 5.16. The minimum atomic E-state index is -0.181. The molecule has 1 heterocycles. The van der Waals surface area contributed by atoms with E-state index in [9.17, 15) is 9.90 Å². The van der Waals surface area contributed by atoms with Gasteiger partial charge < -0.3 is 15.3 Å². The maximum absolute atomic E-state index is 11.6. The lowest BCUT2D eigenvalue weighted by molar-refractivity contribution is 0.0821. The number of hydrogen-bond donors (Lipinski definition) is 2. The number of aliphatic hydroxyl groups is 1. The van der Waals surface area contributed by atoms with Crippen molar-refractivity contribution in [2.75, 3.05) is 26.0 Å². The summed E-state index contributed by atoms with van der Waals surface area (Å²) in [5.74, 6) is 0.863. The molecule has 0 aromatic carbocycles. The summed E-state index contributed by atoms with van der Waals surface area (Å²) in [7, 11) is 3.33. The first-order valence-electron chi connectivity index (χ1n) is 6.36. The van der Waals surface area contributed by atoms with Gasteiger partial charge in [0.25, 0.3) is 5.91 Å². The van der Waals surface area contributed by atoms with Crippen LogP contribution in [-0.4, -0.2) is 52.9 Å². The van der Waals surface area contributed by atoms with E-state index in [4.69, 9.17) is 0 Å². The van der Waals surface area contributed by atoms with Crippen LogP contribution in [0.1, 0.15) is 30.8 Å². The Morgan fingerprint density at radius 1 is 1.37 bits per heavy atom. The molecule has 2 N–H and O–H groups in total. The number of nitrogens with one attached hydrogen (secondary N) is 1. The third-order valence-corrected chi connectivity index (χ3v) is 2.62. The molecule has 0 bridgehead atoms. The summed E-state index contributed by atoms with van der Waals surface area (Å²) in [6.07, 6.45) is 0.844. The van der Waals surface area contributed by atoms with Crippen LogP contribution < -0.4 is 5.32 Å². The molecule has 6 nitrogen and oxygen atoms in total. The molecule has 0 spiro atoms. The van der Waals surface area contributed by atoms with Gasteiger partial charge in [-0.2, -0.15) is 0 Å². The van der Waals surface area contributed by atoms with Crippen molar-refractivity contribution in [3.63, 3.8) is 0 Å². The van der Waals surface area contributed by atoms with Gasteiger partial charge in [-0.05, 0) is 24.5 Å². The highest BCUT2D eigenvalue weighted by atomic mass is 16.3. The minimum absolute atomic E-state index is 0.0399.